The number of unbranched alkanes of at least 4 members (excludes halogenated alkanes) is 2. The topological polar surface area (TPSA) is 32.3 Å². The summed E-state index contributed by atoms with van der Waals surface area (Å²) < 4.78 is 0. The number of nitrogens with one attached hydrogen (secondary N) is 1. The van der Waals surface area contributed by atoms with Gasteiger partial charge in [0.15, 0.2) is 0 Å². The van der Waals surface area contributed by atoms with Crippen LogP contribution in [0, 0.1) is 0 Å². The van der Waals surface area contributed by atoms with E-state index in [0.717, 1.165) is 12.8 Å². The Bertz CT molecular complexity index is 295. The number of hydrogen-bond donors (Lipinski definition) is 2. The summed E-state index contributed by atoms with van der Waals surface area (Å²) in [5.41, 5.74) is 1.33. The van der Waals surface area contributed by atoms with Gasteiger partial charge in [-0.15, -0.1) is 0 Å². The second kappa shape index (κ2) is 9.12. The molecule has 0 aromatic heterocycles. The summed E-state index contributed by atoms with van der Waals surface area (Å²) in [6.45, 7) is 4.56. The highest BCUT2D eigenvalue weighted by Gasteiger charge is 2.14. The van der Waals surface area contributed by atoms with Crippen molar-refractivity contribution in [1.29, 1.82) is 0 Å². The van der Waals surface area contributed by atoms with Gasteiger partial charge in [-0.1, -0.05) is 63.4 Å². The van der Waals surface area contributed by atoms with E-state index in [4.69, 9.17) is 0 Å². The second-order valence-electron chi connectivity index (χ2n) is 4.91. The molecular weight excluding hydrogens is 222 g/mol. The van der Waals surface area contributed by atoms with Gasteiger partial charge in [0.1, 0.15) is 0 Å². The lowest BCUT2D eigenvalue weighted by molar-refractivity contribution is 0.224. The van der Waals surface area contributed by atoms with E-state index in [1.165, 1.54) is 24.8 Å². The Balaban J connectivity index is 2.62. The third kappa shape index (κ3) is 5.19. The standard InChI is InChI=1S/C16H27NO/c1-3-5-7-12-16(17-15(4-2)13-18)14-10-8-6-9-11-14/h6,8-11,15-18H,3-5,7,12-13H2,1-2H3. The fourth-order valence-corrected chi connectivity index (χ4v) is 2.21. The molecule has 0 heterocycles. The van der Waals surface area contributed by atoms with E-state index in [0.29, 0.717) is 6.04 Å². The molecule has 2 nitrogen and oxygen atoms in total. The van der Waals surface area contributed by atoms with Gasteiger partial charge in [-0.05, 0) is 18.4 Å². The Morgan fingerprint density at radius 3 is 2.39 bits per heavy atom. The highest BCUT2D eigenvalue weighted by Crippen LogP contribution is 2.20. The van der Waals surface area contributed by atoms with E-state index in [1.54, 1.807) is 0 Å². The SMILES string of the molecule is CCCCCC(NC(CC)CO)c1ccccc1. The van der Waals surface area contributed by atoms with Gasteiger partial charge >= 0.3 is 0 Å². The maximum absolute atomic E-state index is 9.33. The largest absolute Gasteiger partial charge is 0.395 e. The number of aliphatic hydroxyl groups excluding tert-OH is 1. The first-order valence-electron chi connectivity index (χ1n) is 7.23. The summed E-state index contributed by atoms with van der Waals surface area (Å²) in [6.07, 6.45) is 5.88. The quantitative estimate of drug-likeness (QED) is 0.654. The molecule has 1 rings (SSSR count). The molecule has 1 aromatic carbocycles. The predicted octanol–water partition coefficient (Wildman–Crippen LogP) is 3.67. The van der Waals surface area contributed by atoms with Crippen molar-refractivity contribution in [2.75, 3.05) is 6.61 Å². The number of rotatable bonds is 9. The summed E-state index contributed by atoms with van der Waals surface area (Å²) in [5.74, 6) is 0. The lowest BCUT2D eigenvalue weighted by atomic mass is 9.99. The van der Waals surface area contributed by atoms with Crippen LogP contribution in [0.4, 0.5) is 0 Å². The van der Waals surface area contributed by atoms with Crippen molar-refractivity contribution in [2.24, 2.45) is 0 Å². The lowest BCUT2D eigenvalue weighted by Crippen LogP contribution is -2.35. The third-order valence-electron chi connectivity index (χ3n) is 3.45. The molecule has 0 saturated carbocycles. The number of aliphatic hydroxyl groups is 1. The minimum Gasteiger partial charge on any atom is -0.395 e. The Morgan fingerprint density at radius 1 is 1.11 bits per heavy atom. The highest BCUT2D eigenvalue weighted by atomic mass is 16.3. The molecule has 1 aromatic rings. The fourth-order valence-electron chi connectivity index (χ4n) is 2.21. The smallest absolute Gasteiger partial charge is 0.0584 e. The van der Waals surface area contributed by atoms with Crippen LogP contribution in [0.2, 0.25) is 0 Å². The normalized spacial score (nSPS) is 14.4. The highest BCUT2D eigenvalue weighted by molar-refractivity contribution is 5.19. The molecule has 0 spiro atoms. The van der Waals surface area contributed by atoms with Crippen LogP contribution in [0.1, 0.15) is 57.6 Å². The molecule has 102 valence electrons. The number of benzene rings is 1. The zero-order chi connectivity index (χ0) is 13.2. The zero-order valence-corrected chi connectivity index (χ0v) is 11.7. The Labute approximate surface area is 111 Å². The summed E-state index contributed by atoms with van der Waals surface area (Å²) >= 11 is 0. The van der Waals surface area contributed by atoms with Crippen LogP contribution in [0.25, 0.3) is 0 Å². The average Bonchev–Trinajstić information content (AvgIpc) is 2.44. The van der Waals surface area contributed by atoms with Crippen molar-refractivity contribution >= 4 is 0 Å². The van der Waals surface area contributed by atoms with Crippen LogP contribution in [-0.4, -0.2) is 17.8 Å². The molecule has 0 aliphatic rings. The molecule has 2 heteroatoms. The van der Waals surface area contributed by atoms with Crippen molar-refractivity contribution in [3.05, 3.63) is 35.9 Å². The molecule has 2 unspecified atom stereocenters. The van der Waals surface area contributed by atoms with Gasteiger partial charge in [-0.3, -0.25) is 0 Å². The third-order valence-corrected chi connectivity index (χ3v) is 3.45. The van der Waals surface area contributed by atoms with Gasteiger partial charge in [0.25, 0.3) is 0 Å². The van der Waals surface area contributed by atoms with Crippen molar-refractivity contribution < 1.29 is 5.11 Å². The molecule has 0 aliphatic heterocycles. The molecule has 0 amide bonds. The molecule has 0 bridgehead atoms. The van der Waals surface area contributed by atoms with E-state index < -0.39 is 0 Å². The monoisotopic (exact) mass is 249 g/mol. The van der Waals surface area contributed by atoms with E-state index in [-0.39, 0.29) is 12.6 Å². The van der Waals surface area contributed by atoms with Gasteiger partial charge < -0.3 is 10.4 Å². The van der Waals surface area contributed by atoms with Crippen LogP contribution < -0.4 is 5.32 Å². The van der Waals surface area contributed by atoms with Gasteiger partial charge in [0, 0.05) is 12.1 Å². The maximum Gasteiger partial charge on any atom is 0.0584 e. The van der Waals surface area contributed by atoms with E-state index in [1.807, 2.05) is 0 Å². The fraction of sp³-hybridized carbons (Fsp3) is 0.625. The van der Waals surface area contributed by atoms with Crippen LogP contribution in [0.3, 0.4) is 0 Å². The Morgan fingerprint density at radius 2 is 1.83 bits per heavy atom. The van der Waals surface area contributed by atoms with Crippen molar-refractivity contribution in [3.63, 3.8) is 0 Å². The van der Waals surface area contributed by atoms with Crippen LogP contribution in [0.5, 0.6) is 0 Å². The Hall–Kier alpha value is -0.860. The summed E-state index contributed by atoms with van der Waals surface area (Å²) in [7, 11) is 0. The van der Waals surface area contributed by atoms with Crippen molar-refractivity contribution in [1.82, 2.24) is 5.32 Å². The molecule has 2 atom stereocenters. The maximum atomic E-state index is 9.33. The zero-order valence-electron chi connectivity index (χ0n) is 11.7. The predicted molar refractivity (Wildman–Crippen MR) is 77.6 cm³/mol. The van der Waals surface area contributed by atoms with E-state index in [9.17, 15) is 5.11 Å². The minimum absolute atomic E-state index is 0.205. The summed E-state index contributed by atoms with van der Waals surface area (Å²) in [6, 6.07) is 11.1. The van der Waals surface area contributed by atoms with Crippen LogP contribution in [0.15, 0.2) is 30.3 Å². The molecule has 0 fully saturated rings. The van der Waals surface area contributed by atoms with Crippen LogP contribution >= 0.6 is 0 Å². The molecular formula is C16H27NO. The minimum atomic E-state index is 0.205. The van der Waals surface area contributed by atoms with Gasteiger partial charge in [-0.2, -0.15) is 0 Å². The first kappa shape index (κ1) is 15.2. The average molecular weight is 249 g/mol. The Kier molecular flexibility index (Phi) is 7.70. The summed E-state index contributed by atoms with van der Waals surface area (Å²) in [5, 5.41) is 12.9. The molecule has 0 saturated heterocycles. The first-order valence-corrected chi connectivity index (χ1v) is 7.23. The van der Waals surface area contributed by atoms with Crippen molar-refractivity contribution in [3.8, 4) is 0 Å². The van der Waals surface area contributed by atoms with Gasteiger partial charge in [0.05, 0.1) is 6.61 Å². The second-order valence-corrected chi connectivity index (χ2v) is 4.91. The molecule has 0 radical (unpaired) electrons. The van der Waals surface area contributed by atoms with E-state index in [2.05, 4.69) is 49.5 Å². The first-order chi connectivity index (χ1) is 8.81. The molecule has 0 aliphatic carbocycles. The van der Waals surface area contributed by atoms with E-state index >= 15 is 0 Å². The van der Waals surface area contributed by atoms with Crippen LogP contribution in [-0.2, 0) is 0 Å². The molecule has 2 N–H and O–H groups in total. The summed E-state index contributed by atoms with van der Waals surface area (Å²) in [4.78, 5) is 0. The molecule has 18 heavy (non-hydrogen) atoms. The van der Waals surface area contributed by atoms with Crippen molar-refractivity contribution in [2.45, 2.75) is 58.0 Å². The number of hydrogen-bond acceptors (Lipinski definition) is 2. The van der Waals surface area contributed by atoms with Gasteiger partial charge in [0.2, 0.25) is 0 Å². The lowest BCUT2D eigenvalue weighted by Gasteiger charge is -2.24. The van der Waals surface area contributed by atoms with Gasteiger partial charge in [-0.25, -0.2) is 0 Å².